The molecule has 0 fully saturated rings. The van der Waals surface area contributed by atoms with E-state index in [4.69, 9.17) is 0 Å². The molecule has 1 aromatic rings. The second kappa shape index (κ2) is 4.05. The first-order chi connectivity index (χ1) is 8.00. The van der Waals surface area contributed by atoms with Crippen molar-refractivity contribution in [1.82, 2.24) is 5.32 Å². The minimum absolute atomic E-state index is 0.138. The average molecular weight is 231 g/mol. The van der Waals surface area contributed by atoms with Gasteiger partial charge in [-0.15, -0.1) is 0 Å². The van der Waals surface area contributed by atoms with Gasteiger partial charge in [0.05, 0.1) is 11.6 Å². The van der Waals surface area contributed by atoms with Crippen LogP contribution in [0.1, 0.15) is 24.1 Å². The zero-order valence-corrected chi connectivity index (χ0v) is 9.65. The number of nitrogens with one attached hydrogen (secondary N) is 1. The fourth-order valence-electron chi connectivity index (χ4n) is 1.91. The van der Waals surface area contributed by atoms with E-state index in [2.05, 4.69) is 5.32 Å². The number of aliphatic hydroxyl groups excluding tert-OH is 1. The van der Waals surface area contributed by atoms with Gasteiger partial charge < -0.3 is 10.4 Å². The lowest BCUT2D eigenvalue weighted by atomic mass is 9.97. The Bertz CT molecular complexity index is 514. The first kappa shape index (κ1) is 11.4. The molecule has 0 aromatic heterocycles. The standard InChI is InChI=1S/C13H13NO3/c1-7-3-5-9(6-4-7)11-10(8(2)15)12(16)13(17)14-11/h3-6,11,16H,1-2H3,(H,14,17). The molecule has 1 aliphatic heterocycles. The van der Waals surface area contributed by atoms with Crippen molar-refractivity contribution < 1.29 is 14.7 Å². The molecule has 2 rings (SSSR count). The Balaban J connectivity index is 2.44. The molecule has 1 aromatic carbocycles. The summed E-state index contributed by atoms with van der Waals surface area (Å²) in [5, 5.41) is 12.1. The summed E-state index contributed by atoms with van der Waals surface area (Å²) in [5.41, 5.74) is 2.02. The number of aliphatic hydroxyl groups is 1. The molecule has 1 atom stereocenters. The van der Waals surface area contributed by atoms with Crippen molar-refractivity contribution in [1.29, 1.82) is 0 Å². The van der Waals surface area contributed by atoms with Gasteiger partial charge in [-0.3, -0.25) is 9.59 Å². The van der Waals surface area contributed by atoms with Crippen LogP contribution in [0.15, 0.2) is 35.6 Å². The Morgan fingerprint density at radius 1 is 1.29 bits per heavy atom. The minimum atomic E-state index is -0.597. The van der Waals surface area contributed by atoms with Crippen LogP contribution in [0.2, 0.25) is 0 Å². The van der Waals surface area contributed by atoms with Crippen molar-refractivity contribution in [3.8, 4) is 0 Å². The molecule has 1 heterocycles. The number of rotatable bonds is 2. The van der Waals surface area contributed by atoms with Gasteiger partial charge >= 0.3 is 0 Å². The fraction of sp³-hybridized carbons (Fsp3) is 0.231. The summed E-state index contributed by atoms with van der Waals surface area (Å²) >= 11 is 0. The molecule has 0 bridgehead atoms. The monoisotopic (exact) mass is 231 g/mol. The molecular weight excluding hydrogens is 218 g/mol. The number of hydrogen-bond acceptors (Lipinski definition) is 3. The van der Waals surface area contributed by atoms with E-state index in [9.17, 15) is 14.7 Å². The van der Waals surface area contributed by atoms with Gasteiger partial charge in [0.1, 0.15) is 0 Å². The summed E-state index contributed by atoms with van der Waals surface area (Å²) in [6, 6.07) is 6.92. The van der Waals surface area contributed by atoms with Gasteiger partial charge in [0.25, 0.3) is 5.91 Å². The predicted octanol–water partition coefficient (Wildman–Crippen LogP) is 1.57. The van der Waals surface area contributed by atoms with Gasteiger partial charge in [0.2, 0.25) is 0 Å². The van der Waals surface area contributed by atoms with Crippen LogP contribution < -0.4 is 5.32 Å². The van der Waals surface area contributed by atoms with E-state index in [-0.39, 0.29) is 11.4 Å². The van der Waals surface area contributed by atoms with Crippen molar-refractivity contribution in [2.75, 3.05) is 0 Å². The molecule has 4 heteroatoms. The van der Waals surface area contributed by atoms with Gasteiger partial charge in [-0.25, -0.2) is 0 Å². The highest BCUT2D eigenvalue weighted by Gasteiger charge is 2.35. The number of hydrogen-bond donors (Lipinski definition) is 2. The second-order valence-corrected chi connectivity index (χ2v) is 4.14. The van der Waals surface area contributed by atoms with Crippen LogP contribution in [0.4, 0.5) is 0 Å². The summed E-state index contributed by atoms with van der Waals surface area (Å²) in [6.07, 6.45) is 0. The normalized spacial score (nSPS) is 19.4. The Kier molecular flexibility index (Phi) is 2.71. The summed E-state index contributed by atoms with van der Waals surface area (Å²) < 4.78 is 0. The van der Waals surface area contributed by atoms with Crippen LogP contribution in [0.5, 0.6) is 0 Å². The topological polar surface area (TPSA) is 66.4 Å². The van der Waals surface area contributed by atoms with Crippen LogP contribution in [0.25, 0.3) is 0 Å². The molecule has 4 nitrogen and oxygen atoms in total. The molecule has 0 saturated carbocycles. The number of ketones is 1. The third-order valence-corrected chi connectivity index (χ3v) is 2.82. The Labute approximate surface area is 99.0 Å². The first-order valence-electron chi connectivity index (χ1n) is 5.32. The van der Waals surface area contributed by atoms with Crippen molar-refractivity contribution in [3.63, 3.8) is 0 Å². The van der Waals surface area contributed by atoms with E-state index >= 15 is 0 Å². The Morgan fingerprint density at radius 3 is 2.41 bits per heavy atom. The summed E-state index contributed by atoms with van der Waals surface area (Å²) in [6.45, 7) is 3.29. The highest BCUT2D eigenvalue weighted by atomic mass is 16.3. The van der Waals surface area contributed by atoms with Crippen molar-refractivity contribution in [2.45, 2.75) is 19.9 Å². The molecule has 88 valence electrons. The molecule has 0 saturated heterocycles. The van der Waals surface area contributed by atoms with Crippen LogP contribution >= 0.6 is 0 Å². The maximum absolute atomic E-state index is 11.4. The van der Waals surface area contributed by atoms with E-state index < -0.39 is 17.7 Å². The van der Waals surface area contributed by atoms with Gasteiger partial charge in [0.15, 0.2) is 11.5 Å². The maximum Gasteiger partial charge on any atom is 0.287 e. The molecule has 2 N–H and O–H groups in total. The molecule has 0 aliphatic carbocycles. The smallest absolute Gasteiger partial charge is 0.287 e. The molecule has 1 aliphatic rings. The molecular formula is C13H13NO3. The minimum Gasteiger partial charge on any atom is -0.503 e. The zero-order valence-electron chi connectivity index (χ0n) is 9.65. The average Bonchev–Trinajstić information content (AvgIpc) is 2.56. The highest BCUT2D eigenvalue weighted by Crippen LogP contribution is 2.29. The van der Waals surface area contributed by atoms with Gasteiger partial charge in [0, 0.05) is 0 Å². The summed E-state index contributed by atoms with van der Waals surface area (Å²) in [7, 11) is 0. The lowest BCUT2D eigenvalue weighted by Gasteiger charge is -2.13. The molecule has 1 unspecified atom stereocenters. The summed E-state index contributed by atoms with van der Waals surface area (Å²) in [4.78, 5) is 22.8. The quantitative estimate of drug-likeness (QED) is 0.811. The molecule has 17 heavy (non-hydrogen) atoms. The number of Topliss-reactive ketones (excluding diaryl/α,β-unsaturated/α-hetero) is 1. The lowest BCUT2D eigenvalue weighted by Crippen LogP contribution is -2.23. The Morgan fingerprint density at radius 2 is 1.88 bits per heavy atom. The van der Waals surface area contributed by atoms with Crippen LogP contribution in [0.3, 0.4) is 0 Å². The van der Waals surface area contributed by atoms with Crippen molar-refractivity contribution in [3.05, 3.63) is 46.7 Å². The van der Waals surface area contributed by atoms with Gasteiger partial charge in [-0.05, 0) is 19.4 Å². The molecule has 0 spiro atoms. The van der Waals surface area contributed by atoms with E-state index in [0.717, 1.165) is 11.1 Å². The molecule has 1 amide bonds. The SMILES string of the molecule is CC(=O)C1=C(O)C(=O)NC1c1ccc(C)cc1. The maximum atomic E-state index is 11.4. The predicted molar refractivity (Wildman–Crippen MR) is 62.4 cm³/mol. The third-order valence-electron chi connectivity index (χ3n) is 2.82. The highest BCUT2D eigenvalue weighted by molar-refractivity contribution is 6.08. The second-order valence-electron chi connectivity index (χ2n) is 4.14. The fourth-order valence-corrected chi connectivity index (χ4v) is 1.91. The molecule has 0 radical (unpaired) electrons. The van der Waals surface area contributed by atoms with E-state index in [1.54, 1.807) is 0 Å². The van der Waals surface area contributed by atoms with Crippen LogP contribution in [0, 0.1) is 6.92 Å². The number of carbonyl (C=O) groups is 2. The zero-order chi connectivity index (χ0) is 12.6. The number of carbonyl (C=O) groups excluding carboxylic acids is 2. The lowest BCUT2D eigenvalue weighted by molar-refractivity contribution is -0.119. The Hall–Kier alpha value is -2.10. The van der Waals surface area contributed by atoms with Crippen molar-refractivity contribution in [2.24, 2.45) is 0 Å². The van der Waals surface area contributed by atoms with Gasteiger partial charge in [-0.2, -0.15) is 0 Å². The first-order valence-corrected chi connectivity index (χ1v) is 5.32. The third kappa shape index (κ3) is 1.93. The number of benzene rings is 1. The van der Waals surface area contributed by atoms with E-state index in [1.807, 2.05) is 31.2 Å². The van der Waals surface area contributed by atoms with E-state index in [0.29, 0.717) is 0 Å². The largest absolute Gasteiger partial charge is 0.503 e. The van der Waals surface area contributed by atoms with Crippen molar-refractivity contribution >= 4 is 11.7 Å². The summed E-state index contributed by atoms with van der Waals surface area (Å²) in [5.74, 6) is -1.37. The number of aryl methyl sites for hydroxylation is 1. The van der Waals surface area contributed by atoms with Crippen LogP contribution in [-0.4, -0.2) is 16.8 Å². The number of amides is 1. The van der Waals surface area contributed by atoms with Gasteiger partial charge in [-0.1, -0.05) is 29.8 Å². The van der Waals surface area contributed by atoms with Crippen LogP contribution in [-0.2, 0) is 9.59 Å². The van der Waals surface area contributed by atoms with E-state index in [1.165, 1.54) is 6.92 Å².